The summed E-state index contributed by atoms with van der Waals surface area (Å²) in [5, 5.41) is 0. The van der Waals surface area contributed by atoms with Gasteiger partial charge in [0, 0.05) is 0 Å². The molecule has 0 bridgehead atoms. The van der Waals surface area contributed by atoms with Crippen LogP contribution in [0.3, 0.4) is 0 Å². The van der Waals surface area contributed by atoms with Gasteiger partial charge in [-0.1, -0.05) is 18.2 Å². The van der Waals surface area contributed by atoms with Crippen molar-refractivity contribution in [3.8, 4) is 5.75 Å². The van der Waals surface area contributed by atoms with Crippen molar-refractivity contribution in [2.45, 2.75) is 0 Å². The third-order valence-corrected chi connectivity index (χ3v) is 0.927. The highest BCUT2D eigenvalue weighted by molar-refractivity contribution is 7.59. The highest BCUT2D eigenvalue weighted by atomic mass is 32.1. The molecule has 10 heavy (non-hydrogen) atoms. The van der Waals surface area contributed by atoms with Crippen LogP contribution < -0.4 is 4.74 Å². The minimum absolute atomic E-state index is 0. The van der Waals surface area contributed by atoms with Crippen LogP contribution in [0.4, 0.5) is 0 Å². The van der Waals surface area contributed by atoms with Gasteiger partial charge in [-0.05, 0) is 12.1 Å². The molecule has 54 valence electrons. The van der Waals surface area contributed by atoms with Gasteiger partial charge in [-0.15, -0.1) is 0 Å². The molecule has 0 N–H and O–H groups in total. The van der Waals surface area contributed by atoms with Gasteiger partial charge in [0.25, 0.3) is 6.47 Å². The number of carbonyl (C=O) groups excluding carboxylic acids is 1. The van der Waals surface area contributed by atoms with E-state index in [1.165, 1.54) is 0 Å². The van der Waals surface area contributed by atoms with E-state index in [0.717, 1.165) is 0 Å². The fourth-order valence-corrected chi connectivity index (χ4v) is 0.555. The largest absolute Gasteiger partial charge is 0.429 e. The first kappa shape index (κ1) is 9.04. The predicted molar refractivity (Wildman–Crippen MR) is 43.5 cm³/mol. The highest BCUT2D eigenvalue weighted by Gasteiger charge is 1.84. The number of hydrogen-bond donors (Lipinski definition) is 0. The molecule has 0 unspecified atom stereocenters. The number of hydrogen-bond acceptors (Lipinski definition) is 2. The van der Waals surface area contributed by atoms with Crippen LogP contribution in [0.2, 0.25) is 0 Å². The van der Waals surface area contributed by atoms with Crippen molar-refractivity contribution in [2.75, 3.05) is 0 Å². The van der Waals surface area contributed by atoms with Crippen LogP contribution in [0, 0.1) is 0 Å². The van der Waals surface area contributed by atoms with Crippen molar-refractivity contribution < 1.29 is 9.53 Å². The lowest BCUT2D eigenvalue weighted by Crippen LogP contribution is -1.85. The molecule has 0 saturated carbocycles. The summed E-state index contributed by atoms with van der Waals surface area (Å²) in [6.07, 6.45) is 0. The fourth-order valence-electron chi connectivity index (χ4n) is 0.555. The minimum atomic E-state index is 0. The Labute approximate surface area is 66.3 Å². The van der Waals surface area contributed by atoms with E-state index >= 15 is 0 Å². The van der Waals surface area contributed by atoms with Gasteiger partial charge in [-0.25, -0.2) is 0 Å². The van der Waals surface area contributed by atoms with Gasteiger partial charge in [0.15, 0.2) is 0 Å². The second-order valence-electron chi connectivity index (χ2n) is 1.53. The van der Waals surface area contributed by atoms with E-state index < -0.39 is 0 Å². The van der Waals surface area contributed by atoms with E-state index in [1.54, 1.807) is 24.3 Å². The molecule has 3 heteroatoms. The summed E-state index contributed by atoms with van der Waals surface area (Å²) in [7, 11) is 0. The maximum Gasteiger partial charge on any atom is 0.298 e. The van der Waals surface area contributed by atoms with E-state index in [0.29, 0.717) is 12.2 Å². The third kappa shape index (κ3) is 2.55. The monoisotopic (exact) mass is 156 g/mol. The van der Waals surface area contributed by atoms with E-state index in [9.17, 15) is 4.79 Å². The summed E-state index contributed by atoms with van der Waals surface area (Å²) >= 11 is 0. The highest BCUT2D eigenvalue weighted by Crippen LogP contribution is 2.05. The smallest absolute Gasteiger partial charge is 0.298 e. The first-order chi connectivity index (χ1) is 4.43. The van der Waals surface area contributed by atoms with Gasteiger partial charge in [-0.2, -0.15) is 13.5 Å². The molecule has 0 saturated heterocycles. The quantitative estimate of drug-likeness (QED) is 0.604. The fraction of sp³-hybridized carbons (Fsp3) is 0. The van der Waals surface area contributed by atoms with Crippen molar-refractivity contribution in [1.82, 2.24) is 0 Å². The molecular formula is C7H8O2S. The SMILES string of the molecule is O=COc1ccccc1.S. The van der Waals surface area contributed by atoms with E-state index in [2.05, 4.69) is 4.74 Å². The van der Waals surface area contributed by atoms with Gasteiger partial charge >= 0.3 is 0 Å². The molecular weight excluding hydrogens is 148 g/mol. The molecule has 0 aliphatic rings. The van der Waals surface area contributed by atoms with Crippen molar-refractivity contribution in [2.24, 2.45) is 0 Å². The van der Waals surface area contributed by atoms with Gasteiger partial charge in [0.1, 0.15) is 5.75 Å². The minimum Gasteiger partial charge on any atom is -0.429 e. The normalized spacial score (nSPS) is 7.60. The molecule has 0 fully saturated rings. The zero-order valence-corrected chi connectivity index (χ0v) is 6.28. The van der Waals surface area contributed by atoms with Crippen LogP contribution in [-0.2, 0) is 4.79 Å². The lowest BCUT2D eigenvalue weighted by atomic mass is 10.3. The topological polar surface area (TPSA) is 26.3 Å². The number of carbonyl (C=O) groups is 1. The molecule has 0 atom stereocenters. The molecule has 1 aromatic carbocycles. The Hall–Kier alpha value is -0.960. The molecule has 0 radical (unpaired) electrons. The molecule has 1 aromatic rings. The van der Waals surface area contributed by atoms with Crippen LogP contribution in [-0.4, -0.2) is 6.47 Å². The maximum atomic E-state index is 9.75. The standard InChI is InChI=1S/C7H6O2.H2S/c8-6-9-7-4-2-1-3-5-7;/h1-6H;1H2. The summed E-state index contributed by atoms with van der Waals surface area (Å²) < 4.78 is 4.53. The molecule has 0 aliphatic carbocycles. The van der Waals surface area contributed by atoms with Crippen LogP contribution in [0.5, 0.6) is 5.75 Å². The zero-order chi connectivity index (χ0) is 6.53. The van der Waals surface area contributed by atoms with E-state index in [4.69, 9.17) is 0 Å². The summed E-state index contributed by atoms with van der Waals surface area (Å²) in [5.74, 6) is 0.576. The lowest BCUT2D eigenvalue weighted by molar-refractivity contribution is -0.120. The number of ether oxygens (including phenoxy) is 1. The lowest BCUT2D eigenvalue weighted by Gasteiger charge is -1.92. The molecule has 0 aromatic heterocycles. The van der Waals surface area contributed by atoms with Crippen LogP contribution in [0.25, 0.3) is 0 Å². The first-order valence-electron chi connectivity index (χ1n) is 2.59. The van der Waals surface area contributed by atoms with Crippen molar-refractivity contribution in [3.05, 3.63) is 30.3 Å². The van der Waals surface area contributed by atoms with E-state index in [1.807, 2.05) is 6.07 Å². The van der Waals surface area contributed by atoms with Crippen molar-refractivity contribution in [3.63, 3.8) is 0 Å². The third-order valence-electron chi connectivity index (χ3n) is 0.927. The van der Waals surface area contributed by atoms with Crippen LogP contribution >= 0.6 is 13.5 Å². The summed E-state index contributed by atoms with van der Waals surface area (Å²) in [5.41, 5.74) is 0. The van der Waals surface area contributed by atoms with Crippen LogP contribution in [0.1, 0.15) is 0 Å². The number of rotatable bonds is 2. The zero-order valence-electron chi connectivity index (χ0n) is 5.28. The molecule has 2 nitrogen and oxygen atoms in total. The number of benzene rings is 1. The molecule has 1 rings (SSSR count). The Morgan fingerprint density at radius 3 is 2.30 bits per heavy atom. The van der Waals surface area contributed by atoms with Gasteiger partial charge in [0.05, 0.1) is 0 Å². The Morgan fingerprint density at radius 1 is 1.20 bits per heavy atom. The molecule has 0 spiro atoms. The van der Waals surface area contributed by atoms with Crippen LogP contribution in [0.15, 0.2) is 30.3 Å². The van der Waals surface area contributed by atoms with Gasteiger partial charge < -0.3 is 4.74 Å². The van der Waals surface area contributed by atoms with Crippen molar-refractivity contribution >= 4 is 20.0 Å². The van der Waals surface area contributed by atoms with Gasteiger partial charge in [0.2, 0.25) is 0 Å². The second kappa shape index (κ2) is 4.88. The summed E-state index contributed by atoms with van der Waals surface area (Å²) in [6, 6.07) is 8.90. The Kier molecular flexibility index (Phi) is 4.41. The Bertz CT molecular complexity index is 186. The molecule has 0 aliphatic heterocycles. The Balaban J connectivity index is 0.000000810. The van der Waals surface area contributed by atoms with Gasteiger partial charge in [-0.3, -0.25) is 4.79 Å². The summed E-state index contributed by atoms with van der Waals surface area (Å²) in [6.45, 7) is 0.412. The van der Waals surface area contributed by atoms with Crippen molar-refractivity contribution in [1.29, 1.82) is 0 Å². The predicted octanol–water partition coefficient (Wildman–Crippen LogP) is 1.33. The summed E-state index contributed by atoms with van der Waals surface area (Å²) in [4.78, 5) is 9.75. The molecule has 0 amide bonds. The Morgan fingerprint density at radius 2 is 1.80 bits per heavy atom. The number of para-hydroxylation sites is 1. The average Bonchev–Trinajstić information content (AvgIpc) is 1.91. The average molecular weight is 156 g/mol. The maximum absolute atomic E-state index is 9.75. The molecule has 0 heterocycles. The first-order valence-corrected chi connectivity index (χ1v) is 2.59. The second-order valence-corrected chi connectivity index (χ2v) is 1.53. The van der Waals surface area contributed by atoms with E-state index in [-0.39, 0.29) is 13.5 Å².